The minimum atomic E-state index is 0.184. The molecule has 0 saturated carbocycles. The molecule has 0 aromatic rings. The molecule has 0 atom stereocenters. The number of unbranched alkanes of at least 4 members (excludes halogenated alkanes) is 7. The Morgan fingerprint density at radius 3 is 1.82 bits per heavy atom. The quantitative estimate of drug-likeness (QED) is 0.218. The standard InChI is InChI=1S/C18H36O4/c1-5-8-9-10-11-12-13-14-15-17(20-6-2)18(21-7-3)22-16-19-4/h5-16H2,1-4H3. The van der Waals surface area contributed by atoms with Gasteiger partial charge < -0.3 is 18.9 Å². The first kappa shape index (κ1) is 21.1. The van der Waals surface area contributed by atoms with Crippen LogP contribution in [0.2, 0.25) is 0 Å². The second-order valence-electron chi connectivity index (χ2n) is 5.35. The van der Waals surface area contributed by atoms with E-state index >= 15 is 0 Å². The maximum atomic E-state index is 5.69. The van der Waals surface area contributed by atoms with Crippen molar-refractivity contribution in [3.63, 3.8) is 0 Å². The van der Waals surface area contributed by atoms with Crippen molar-refractivity contribution in [2.45, 2.75) is 78.6 Å². The Kier molecular flexibility index (Phi) is 15.8. The molecule has 0 aromatic carbocycles. The molecule has 0 radical (unpaired) electrons. The topological polar surface area (TPSA) is 36.9 Å². The van der Waals surface area contributed by atoms with Gasteiger partial charge in [-0.3, -0.25) is 0 Å². The fourth-order valence-corrected chi connectivity index (χ4v) is 2.27. The highest BCUT2D eigenvalue weighted by Crippen LogP contribution is 2.18. The lowest BCUT2D eigenvalue weighted by atomic mass is 10.1. The summed E-state index contributed by atoms with van der Waals surface area (Å²) in [7, 11) is 1.60. The monoisotopic (exact) mass is 316 g/mol. The molecule has 0 unspecified atom stereocenters. The molecule has 0 bridgehead atoms. The molecule has 132 valence electrons. The summed E-state index contributed by atoms with van der Waals surface area (Å²) in [5.74, 6) is 1.29. The highest BCUT2D eigenvalue weighted by molar-refractivity contribution is 4.95. The summed E-state index contributed by atoms with van der Waals surface area (Å²) in [6, 6.07) is 0. The van der Waals surface area contributed by atoms with Gasteiger partial charge in [-0.2, -0.15) is 0 Å². The maximum absolute atomic E-state index is 5.69. The van der Waals surface area contributed by atoms with Gasteiger partial charge in [0, 0.05) is 13.5 Å². The van der Waals surface area contributed by atoms with Crippen LogP contribution in [0, 0.1) is 0 Å². The van der Waals surface area contributed by atoms with Crippen molar-refractivity contribution in [2.75, 3.05) is 27.1 Å². The minimum absolute atomic E-state index is 0.184. The second kappa shape index (κ2) is 16.5. The average Bonchev–Trinajstić information content (AvgIpc) is 2.53. The second-order valence-corrected chi connectivity index (χ2v) is 5.35. The van der Waals surface area contributed by atoms with Crippen molar-refractivity contribution < 1.29 is 18.9 Å². The van der Waals surface area contributed by atoms with Crippen LogP contribution in [0.5, 0.6) is 0 Å². The predicted molar refractivity (Wildman–Crippen MR) is 90.5 cm³/mol. The SMILES string of the molecule is CCCCCCCCCCC(OCC)=C(OCC)OCOC. The van der Waals surface area contributed by atoms with Crippen LogP contribution in [0.1, 0.15) is 78.6 Å². The Morgan fingerprint density at radius 2 is 1.27 bits per heavy atom. The zero-order valence-corrected chi connectivity index (χ0v) is 15.1. The van der Waals surface area contributed by atoms with Gasteiger partial charge in [0.25, 0.3) is 0 Å². The van der Waals surface area contributed by atoms with Crippen LogP contribution >= 0.6 is 0 Å². The largest absolute Gasteiger partial charge is 0.491 e. The summed E-state index contributed by atoms with van der Waals surface area (Å²) in [6.45, 7) is 7.54. The van der Waals surface area contributed by atoms with Crippen molar-refractivity contribution in [2.24, 2.45) is 0 Å². The lowest BCUT2D eigenvalue weighted by molar-refractivity contribution is -0.0663. The molecule has 22 heavy (non-hydrogen) atoms. The van der Waals surface area contributed by atoms with E-state index in [-0.39, 0.29) is 6.79 Å². The Bertz CT molecular complexity index is 264. The van der Waals surface area contributed by atoms with Gasteiger partial charge in [-0.25, -0.2) is 0 Å². The molecular formula is C18H36O4. The van der Waals surface area contributed by atoms with Crippen LogP contribution in [0.4, 0.5) is 0 Å². The Balaban J connectivity index is 4.08. The van der Waals surface area contributed by atoms with Crippen LogP contribution in [0.15, 0.2) is 11.7 Å². The predicted octanol–water partition coefficient (Wildman–Crippen LogP) is 5.38. The van der Waals surface area contributed by atoms with E-state index < -0.39 is 0 Å². The minimum Gasteiger partial charge on any atom is -0.491 e. The van der Waals surface area contributed by atoms with Gasteiger partial charge in [0.1, 0.15) is 0 Å². The molecule has 0 spiro atoms. The van der Waals surface area contributed by atoms with E-state index in [1.54, 1.807) is 7.11 Å². The molecule has 0 saturated heterocycles. The average molecular weight is 316 g/mol. The number of methoxy groups -OCH3 is 1. The van der Waals surface area contributed by atoms with E-state index in [1.165, 1.54) is 44.9 Å². The molecular weight excluding hydrogens is 280 g/mol. The van der Waals surface area contributed by atoms with Gasteiger partial charge in [-0.1, -0.05) is 51.9 Å². The van der Waals surface area contributed by atoms with Crippen LogP contribution < -0.4 is 0 Å². The molecule has 0 rings (SSSR count). The highest BCUT2D eigenvalue weighted by Gasteiger charge is 2.11. The summed E-state index contributed by atoms with van der Waals surface area (Å²) in [4.78, 5) is 0. The summed E-state index contributed by atoms with van der Waals surface area (Å²) in [5, 5.41) is 0. The lowest BCUT2D eigenvalue weighted by Crippen LogP contribution is -2.07. The van der Waals surface area contributed by atoms with E-state index in [0.717, 1.165) is 18.6 Å². The molecule has 0 N–H and O–H groups in total. The zero-order chi connectivity index (χ0) is 16.5. The zero-order valence-electron chi connectivity index (χ0n) is 15.1. The van der Waals surface area contributed by atoms with Gasteiger partial charge in [0.2, 0.25) is 0 Å². The summed E-state index contributed by atoms with van der Waals surface area (Å²) >= 11 is 0. The summed E-state index contributed by atoms with van der Waals surface area (Å²) < 4.78 is 21.6. The summed E-state index contributed by atoms with van der Waals surface area (Å²) in [6.07, 6.45) is 11.3. The van der Waals surface area contributed by atoms with Gasteiger partial charge >= 0.3 is 5.95 Å². The first-order valence-corrected chi connectivity index (χ1v) is 8.90. The molecule has 0 amide bonds. The van der Waals surface area contributed by atoms with Crippen LogP contribution in [0.3, 0.4) is 0 Å². The Morgan fingerprint density at radius 1 is 0.682 bits per heavy atom. The first-order chi connectivity index (χ1) is 10.8. The van der Waals surface area contributed by atoms with Gasteiger partial charge in [0.05, 0.1) is 13.2 Å². The molecule has 0 aliphatic rings. The Hall–Kier alpha value is -0.900. The maximum Gasteiger partial charge on any atom is 0.321 e. The molecule has 0 aromatic heterocycles. The van der Waals surface area contributed by atoms with Gasteiger partial charge in [-0.15, -0.1) is 0 Å². The molecule has 0 aliphatic carbocycles. The number of hydrogen-bond acceptors (Lipinski definition) is 4. The third-order valence-electron chi connectivity index (χ3n) is 3.39. The van der Waals surface area contributed by atoms with E-state index in [9.17, 15) is 0 Å². The third-order valence-corrected chi connectivity index (χ3v) is 3.39. The molecule has 0 fully saturated rings. The van der Waals surface area contributed by atoms with Gasteiger partial charge in [0.15, 0.2) is 12.6 Å². The van der Waals surface area contributed by atoms with E-state index in [1.807, 2.05) is 13.8 Å². The normalized spacial score (nSPS) is 12.0. The Labute approximate surface area is 137 Å². The fraction of sp³-hybridized carbons (Fsp3) is 0.889. The smallest absolute Gasteiger partial charge is 0.321 e. The van der Waals surface area contributed by atoms with E-state index in [4.69, 9.17) is 18.9 Å². The van der Waals surface area contributed by atoms with Crippen molar-refractivity contribution in [1.82, 2.24) is 0 Å². The molecule has 4 heteroatoms. The molecule has 0 heterocycles. The molecule has 0 aliphatic heterocycles. The van der Waals surface area contributed by atoms with Crippen LogP contribution in [-0.4, -0.2) is 27.1 Å². The molecule has 4 nitrogen and oxygen atoms in total. The third kappa shape index (κ3) is 11.7. The van der Waals surface area contributed by atoms with Crippen LogP contribution in [0.25, 0.3) is 0 Å². The van der Waals surface area contributed by atoms with Crippen molar-refractivity contribution in [3.8, 4) is 0 Å². The van der Waals surface area contributed by atoms with Crippen molar-refractivity contribution in [3.05, 3.63) is 11.7 Å². The number of rotatable bonds is 16. The number of allylic oxidation sites excluding steroid dienone is 1. The van der Waals surface area contributed by atoms with Crippen LogP contribution in [-0.2, 0) is 18.9 Å². The highest BCUT2D eigenvalue weighted by atomic mass is 16.7. The number of hydrogen-bond donors (Lipinski definition) is 0. The van der Waals surface area contributed by atoms with Gasteiger partial charge in [-0.05, 0) is 20.3 Å². The van der Waals surface area contributed by atoms with E-state index in [2.05, 4.69) is 6.92 Å². The van der Waals surface area contributed by atoms with Crippen molar-refractivity contribution in [1.29, 1.82) is 0 Å². The van der Waals surface area contributed by atoms with E-state index in [0.29, 0.717) is 19.2 Å². The number of ether oxygens (including phenoxy) is 4. The fourth-order valence-electron chi connectivity index (χ4n) is 2.27. The first-order valence-electron chi connectivity index (χ1n) is 8.90. The van der Waals surface area contributed by atoms with Crippen molar-refractivity contribution >= 4 is 0 Å². The summed E-state index contributed by atoms with van der Waals surface area (Å²) in [5.41, 5.74) is 0. The lowest BCUT2D eigenvalue weighted by Gasteiger charge is -2.16.